The van der Waals surface area contributed by atoms with Crippen molar-refractivity contribution in [3.05, 3.63) is 69.8 Å². The van der Waals surface area contributed by atoms with Gasteiger partial charge in [-0.25, -0.2) is 0 Å². The highest BCUT2D eigenvalue weighted by molar-refractivity contribution is 5.76. The number of rotatable bonds is 13. The molecular formula is C35H44F6N2O5. The van der Waals surface area contributed by atoms with Gasteiger partial charge in [0.1, 0.15) is 11.8 Å². The maximum Gasteiger partial charge on any atom is 0.416 e. The van der Waals surface area contributed by atoms with Crippen LogP contribution >= 0.6 is 0 Å². The average Bonchev–Trinajstić information content (AvgIpc) is 3.01. The largest absolute Gasteiger partial charge is 0.496 e. The summed E-state index contributed by atoms with van der Waals surface area (Å²) in [7, 11) is 2.85. The second kappa shape index (κ2) is 15.3. The van der Waals surface area contributed by atoms with Gasteiger partial charge >= 0.3 is 18.3 Å². The van der Waals surface area contributed by atoms with Crippen molar-refractivity contribution in [1.29, 1.82) is 0 Å². The van der Waals surface area contributed by atoms with E-state index in [1.807, 2.05) is 26.0 Å². The first kappa shape index (κ1) is 38.9. The number of aliphatic hydroxyl groups excluding tert-OH is 1. The summed E-state index contributed by atoms with van der Waals surface area (Å²) in [5, 5.41) is 14.3. The molecule has 0 aliphatic heterocycles. The second-order valence-corrected chi connectivity index (χ2v) is 13.4. The molecule has 2 aromatic carbocycles. The van der Waals surface area contributed by atoms with Crippen molar-refractivity contribution >= 4 is 18.0 Å². The van der Waals surface area contributed by atoms with Crippen molar-refractivity contribution in [1.82, 2.24) is 10.2 Å². The van der Waals surface area contributed by atoms with Crippen molar-refractivity contribution in [2.45, 2.75) is 91.0 Å². The van der Waals surface area contributed by atoms with Gasteiger partial charge in [0, 0.05) is 18.7 Å². The normalized spacial score (nSPS) is 17.1. The fourth-order valence-electron chi connectivity index (χ4n) is 6.04. The molecule has 1 aliphatic rings. The fourth-order valence-corrected chi connectivity index (χ4v) is 6.04. The van der Waals surface area contributed by atoms with Crippen molar-refractivity contribution in [3.63, 3.8) is 0 Å². The summed E-state index contributed by atoms with van der Waals surface area (Å²) in [5.74, 6) is 0.143. The van der Waals surface area contributed by atoms with E-state index in [0.29, 0.717) is 43.7 Å². The minimum Gasteiger partial charge on any atom is -0.496 e. The molecule has 0 saturated heterocycles. The van der Waals surface area contributed by atoms with E-state index in [2.05, 4.69) is 19.2 Å². The Morgan fingerprint density at radius 3 is 2.12 bits per heavy atom. The number of methoxy groups -OCH3 is 2. The number of aliphatic hydroxyl groups is 1. The van der Waals surface area contributed by atoms with Crippen LogP contribution < -0.4 is 10.1 Å². The summed E-state index contributed by atoms with van der Waals surface area (Å²) in [6.45, 7) is 9.59. The van der Waals surface area contributed by atoms with Gasteiger partial charge in [0.05, 0.1) is 37.5 Å². The van der Waals surface area contributed by atoms with Crippen molar-refractivity contribution in [2.75, 3.05) is 20.8 Å². The monoisotopic (exact) mass is 686 g/mol. The first-order valence-corrected chi connectivity index (χ1v) is 15.6. The van der Waals surface area contributed by atoms with Crippen LogP contribution in [0.1, 0.15) is 87.8 Å². The molecule has 7 nitrogen and oxygen atoms in total. The molecule has 0 bridgehead atoms. The third-order valence-corrected chi connectivity index (χ3v) is 8.85. The van der Waals surface area contributed by atoms with Gasteiger partial charge in [0.2, 0.25) is 6.41 Å². The Bertz CT molecular complexity index is 1450. The number of carbonyl (C=O) groups is 2. The lowest BCUT2D eigenvalue weighted by molar-refractivity contribution is -0.145. The van der Waals surface area contributed by atoms with E-state index in [1.165, 1.54) is 26.0 Å². The average molecular weight is 687 g/mol. The number of amides is 1. The minimum atomic E-state index is -5.09. The van der Waals surface area contributed by atoms with E-state index in [0.717, 1.165) is 28.7 Å². The lowest BCUT2D eigenvalue weighted by Gasteiger charge is -2.37. The van der Waals surface area contributed by atoms with Crippen LogP contribution in [-0.4, -0.2) is 55.2 Å². The Morgan fingerprint density at radius 1 is 1.02 bits per heavy atom. The van der Waals surface area contributed by atoms with Crippen LogP contribution in [0.4, 0.5) is 26.3 Å². The summed E-state index contributed by atoms with van der Waals surface area (Å²) in [5.41, 5.74) is -0.598. The van der Waals surface area contributed by atoms with Gasteiger partial charge in [-0.05, 0) is 90.1 Å². The van der Waals surface area contributed by atoms with Crippen molar-refractivity contribution in [2.24, 2.45) is 11.3 Å². The van der Waals surface area contributed by atoms with Gasteiger partial charge in [-0.1, -0.05) is 33.8 Å². The smallest absolute Gasteiger partial charge is 0.416 e. The first-order chi connectivity index (χ1) is 22.2. The number of ether oxygens (including phenoxy) is 2. The highest BCUT2D eigenvalue weighted by Crippen LogP contribution is 2.45. The van der Waals surface area contributed by atoms with Gasteiger partial charge in [-0.3, -0.25) is 9.59 Å². The summed E-state index contributed by atoms with van der Waals surface area (Å²) >= 11 is 0. The SMILES string of the molecule is COC(=O)C(NCc1ccc(OC)c(C2=C(CN(C=O)C(C)C(O)c3cc(C(F)(F)F)cc(C(F)(F)F)c3)CC(C)(C)CC2)c1)C(C)C. The summed E-state index contributed by atoms with van der Waals surface area (Å²) in [6.07, 6.45) is -9.68. The first-order valence-electron chi connectivity index (χ1n) is 15.6. The maximum atomic E-state index is 13.5. The molecule has 3 atom stereocenters. The van der Waals surface area contributed by atoms with Gasteiger partial charge < -0.3 is 24.8 Å². The summed E-state index contributed by atoms with van der Waals surface area (Å²) < 4.78 is 91.7. The van der Waals surface area contributed by atoms with Crippen molar-refractivity contribution < 1.29 is 50.5 Å². The quantitative estimate of drug-likeness (QED) is 0.129. The molecule has 3 rings (SSSR count). The molecule has 1 amide bonds. The number of nitrogens with zero attached hydrogens (tertiary/aromatic N) is 1. The van der Waals surface area contributed by atoms with E-state index in [9.17, 15) is 41.0 Å². The molecule has 0 spiro atoms. The number of halogens is 6. The lowest BCUT2D eigenvalue weighted by Crippen LogP contribution is -2.41. The number of carbonyl (C=O) groups excluding carboxylic acids is 2. The summed E-state index contributed by atoms with van der Waals surface area (Å²) in [6, 6.07) is 4.81. The van der Waals surface area contributed by atoms with Gasteiger partial charge in [0.15, 0.2) is 0 Å². The molecule has 0 fully saturated rings. The third kappa shape index (κ3) is 9.52. The van der Waals surface area contributed by atoms with Crippen LogP contribution in [0.5, 0.6) is 5.75 Å². The van der Waals surface area contributed by atoms with Crippen LogP contribution in [-0.2, 0) is 33.2 Å². The Labute approximate surface area is 277 Å². The predicted molar refractivity (Wildman–Crippen MR) is 169 cm³/mol. The van der Waals surface area contributed by atoms with Crippen LogP contribution in [0, 0.1) is 11.3 Å². The molecule has 2 aromatic rings. The number of esters is 1. The Kier molecular flexibility index (Phi) is 12.4. The van der Waals surface area contributed by atoms with Crippen molar-refractivity contribution in [3.8, 4) is 5.75 Å². The van der Waals surface area contributed by atoms with Gasteiger partial charge in [0.25, 0.3) is 0 Å². The molecule has 0 aromatic heterocycles. The number of allylic oxidation sites excluding steroid dienone is 1. The maximum absolute atomic E-state index is 13.5. The minimum absolute atomic E-state index is 0.00493. The molecule has 3 unspecified atom stereocenters. The van der Waals surface area contributed by atoms with Crippen LogP contribution in [0.2, 0.25) is 0 Å². The van der Waals surface area contributed by atoms with Gasteiger partial charge in [-0.15, -0.1) is 0 Å². The second-order valence-electron chi connectivity index (χ2n) is 13.4. The molecule has 48 heavy (non-hydrogen) atoms. The number of hydrogen-bond acceptors (Lipinski definition) is 6. The van der Waals surface area contributed by atoms with Crippen LogP contribution in [0.15, 0.2) is 42.0 Å². The highest BCUT2D eigenvalue weighted by Gasteiger charge is 2.39. The van der Waals surface area contributed by atoms with E-state index in [1.54, 1.807) is 6.07 Å². The Balaban J connectivity index is 2.02. The topological polar surface area (TPSA) is 88.1 Å². The zero-order valence-electron chi connectivity index (χ0n) is 28.2. The molecule has 2 N–H and O–H groups in total. The number of hydrogen-bond donors (Lipinski definition) is 2. The molecule has 1 aliphatic carbocycles. The van der Waals surface area contributed by atoms with Crippen LogP contribution in [0.3, 0.4) is 0 Å². The molecule has 0 radical (unpaired) electrons. The number of benzene rings is 2. The zero-order chi connectivity index (χ0) is 36.2. The third-order valence-electron chi connectivity index (χ3n) is 8.85. The number of alkyl halides is 6. The Morgan fingerprint density at radius 2 is 1.62 bits per heavy atom. The fraction of sp³-hybridized carbons (Fsp3) is 0.543. The standard InChI is InChI=1S/C35H44F6N2O5/c1-20(2)30(32(46)48-7)42-17-22-8-9-29(47-6)28(12-22)27-10-11-33(4,5)16-24(27)18-43(19-44)21(3)31(45)23-13-25(34(36,37)38)15-26(14-23)35(39,40)41/h8-9,12-15,19-21,30-31,42,45H,10-11,16-18H2,1-7H3. The molecule has 13 heteroatoms. The molecule has 0 saturated carbocycles. The van der Waals surface area contributed by atoms with E-state index in [4.69, 9.17) is 9.47 Å². The van der Waals surface area contributed by atoms with E-state index in [-0.39, 0.29) is 29.9 Å². The number of nitrogens with one attached hydrogen (secondary N) is 1. The van der Waals surface area contributed by atoms with E-state index < -0.39 is 47.2 Å². The molecule has 0 heterocycles. The zero-order valence-corrected chi connectivity index (χ0v) is 28.2. The molecular weight excluding hydrogens is 642 g/mol. The molecule has 266 valence electrons. The van der Waals surface area contributed by atoms with Gasteiger partial charge in [-0.2, -0.15) is 26.3 Å². The van der Waals surface area contributed by atoms with E-state index >= 15 is 0 Å². The summed E-state index contributed by atoms with van der Waals surface area (Å²) in [4.78, 5) is 25.9. The van der Waals surface area contributed by atoms with Crippen LogP contribution in [0.25, 0.3) is 5.57 Å². The Hall–Kier alpha value is -3.58. The highest BCUT2D eigenvalue weighted by atomic mass is 19.4. The lowest BCUT2D eigenvalue weighted by atomic mass is 9.72. The predicted octanol–water partition coefficient (Wildman–Crippen LogP) is 7.56.